The summed E-state index contributed by atoms with van der Waals surface area (Å²) in [7, 11) is 0. The van der Waals surface area contributed by atoms with Gasteiger partial charge in [-0.3, -0.25) is 29.4 Å². The van der Waals surface area contributed by atoms with Crippen LogP contribution in [0, 0.1) is 22.0 Å². The first-order valence-corrected chi connectivity index (χ1v) is 7.92. The van der Waals surface area contributed by atoms with Crippen molar-refractivity contribution in [3.8, 4) is 5.75 Å². The lowest BCUT2D eigenvalue weighted by Crippen LogP contribution is -2.33. The van der Waals surface area contributed by atoms with Crippen LogP contribution in [0.15, 0.2) is 36.4 Å². The summed E-state index contributed by atoms with van der Waals surface area (Å²) >= 11 is 0. The fourth-order valence-electron chi connectivity index (χ4n) is 3.11. The molecule has 1 fully saturated rings. The highest BCUT2D eigenvalue weighted by atomic mass is 16.6. The van der Waals surface area contributed by atoms with Crippen LogP contribution in [0.5, 0.6) is 5.75 Å². The minimum absolute atomic E-state index is 0.0174. The molecule has 3 rings (SSSR count). The van der Waals surface area contributed by atoms with Gasteiger partial charge in [0.05, 0.1) is 23.2 Å². The van der Waals surface area contributed by atoms with Crippen molar-refractivity contribution in [2.24, 2.45) is 11.8 Å². The summed E-state index contributed by atoms with van der Waals surface area (Å²) in [5.41, 5.74) is -0.107. The van der Waals surface area contributed by atoms with Gasteiger partial charge in [0, 0.05) is 18.7 Å². The molecular formula is C17H16N2O6. The van der Waals surface area contributed by atoms with Gasteiger partial charge < -0.3 is 4.74 Å². The van der Waals surface area contributed by atoms with E-state index in [9.17, 15) is 24.5 Å². The number of ether oxygens (including phenoxy) is 1. The van der Waals surface area contributed by atoms with Crippen molar-refractivity contribution in [2.45, 2.75) is 19.3 Å². The van der Waals surface area contributed by atoms with Crippen molar-refractivity contribution in [1.29, 1.82) is 0 Å². The van der Waals surface area contributed by atoms with Crippen molar-refractivity contribution in [2.75, 3.05) is 6.54 Å². The number of allylic oxidation sites excluding steroid dienone is 2. The van der Waals surface area contributed by atoms with E-state index in [0.29, 0.717) is 12.8 Å². The number of hydrogen-bond acceptors (Lipinski definition) is 6. The summed E-state index contributed by atoms with van der Waals surface area (Å²) in [4.78, 5) is 47.6. The van der Waals surface area contributed by atoms with Gasteiger partial charge in [-0.2, -0.15) is 0 Å². The number of rotatable bonds is 5. The SMILES string of the molecule is O=C(CCN1C(=O)[C@H]2CC=CC[C@@H]2C1=O)Oc1ccc([N+](=O)[O-])cc1. The molecule has 1 aromatic rings. The molecule has 1 aliphatic heterocycles. The lowest BCUT2D eigenvalue weighted by molar-refractivity contribution is -0.384. The molecular weight excluding hydrogens is 328 g/mol. The molecule has 130 valence electrons. The molecule has 0 bridgehead atoms. The molecule has 1 heterocycles. The van der Waals surface area contributed by atoms with E-state index in [1.54, 1.807) is 0 Å². The van der Waals surface area contributed by atoms with Crippen LogP contribution >= 0.6 is 0 Å². The summed E-state index contributed by atoms with van der Waals surface area (Å²) in [5, 5.41) is 10.6. The van der Waals surface area contributed by atoms with Gasteiger partial charge >= 0.3 is 5.97 Å². The predicted molar refractivity (Wildman–Crippen MR) is 85.4 cm³/mol. The quantitative estimate of drug-likeness (QED) is 0.201. The molecule has 8 nitrogen and oxygen atoms in total. The van der Waals surface area contributed by atoms with E-state index in [4.69, 9.17) is 4.74 Å². The summed E-state index contributed by atoms with van der Waals surface area (Å²) < 4.78 is 5.07. The van der Waals surface area contributed by atoms with Gasteiger partial charge in [-0.25, -0.2) is 0 Å². The number of benzene rings is 1. The maximum Gasteiger partial charge on any atom is 0.312 e. The molecule has 25 heavy (non-hydrogen) atoms. The van der Waals surface area contributed by atoms with Crippen molar-refractivity contribution < 1.29 is 24.0 Å². The zero-order chi connectivity index (χ0) is 18.0. The number of nitrogens with zero attached hydrogens (tertiary/aromatic N) is 2. The third-order valence-corrected chi connectivity index (χ3v) is 4.42. The van der Waals surface area contributed by atoms with Crippen LogP contribution in [0.4, 0.5) is 5.69 Å². The van der Waals surface area contributed by atoms with Crippen LogP contribution in [-0.4, -0.2) is 34.2 Å². The topological polar surface area (TPSA) is 107 Å². The van der Waals surface area contributed by atoms with E-state index in [0.717, 1.165) is 4.90 Å². The highest BCUT2D eigenvalue weighted by Crippen LogP contribution is 2.35. The second-order valence-electron chi connectivity index (χ2n) is 5.96. The van der Waals surface area contributed by atoms with Gasteiger partial charge in [-0.05, 0) is 25.0 Å². The van der Waals surface area contributed by atoms with Crippen molar-refractivity contribution in [1.82, 2.24) is 4.90 Å². The maximum atomic E-state index is 12.3. The van der Waals surface area contributed by atoms with Crippen molar-refractivity contribution in [3.05, 3.63) is 46.5 Å². The van der Waals surface area contributed by atoms with Crippen LogP contribution in [0.1, 0.15) is 19.3 Å². The summed E-state index contributed by atoms with van der Waals surface area (Å²) in [6.45, 7) is -0.0174. The lowest BCUT2D eigenvalue weighted by Gasteiger charge is -2.14. The summed E-state index contributed by atoms with van der Waals surface area (Å²) in [6, 6.07) is 5.10. The van der Waals surface area contributed by atoms with Crippen LogP contribution in [-0.2, 0) is 14.4 Å². The minimum Gasteiger partial charge on any atom is -0.426 e. The van der Waals surface area contributed by atoms with E-state index in [2.05, 4.69) is 0 Å². The molecule has 0 radical (unpaired) electrons. The van der Waals surface area contributed by atoms with E-state index in [1.165, 1.54) is 24.3 Å². The highest BCUT2D eigenvalue weighted by Gasteiger charge is 2.46. The number of esters is 1. The molecule has 2 aliphatic rings. The first kappa shape index (κ1) is 16.8. The Morgan fingerprint density at radius 2 is 1.68 bits per heavy atom. The Hall–Kier alpha value is -3.03. The fourth-order valence-corrected chi connectivity index (χ4v) is 3.11. The molecule has 1 aliphatic carbocycles. The molecule has 2 amide bonds. The number of hydrogen-bond donors (Lipinski definition) is 0. The second-order valence-corrected chi connectivity index (χ2v) is 5.96. The number of non-ortho nitro benzene ring substituents is 1. The fraction of sp³-hybridized carbons (Fsp3) is 0.353. The molecule has 0 unspecified atom stereocenters. The van der Waals surface area contributed by atoms with Gasteiger partial charge in [0.25, 0.3) is 5.69 Å². The van der Waals surface area contributed by atoms with Crippen LogP contribution in [0.3, 0.4) is 0 Å². The van der Waals surface area contributed by atoms with Crippen LogP contribution in [0.25, 0.3) is 0 Å². The predicted octanol–water partition coefficient (Wildman–Crippen LogP) is 1.84. The molecule has 1 saturated heterocycles. The van der Waals surface area contributed by atoms with Gasteiger partial charge in [0.1, 0.15) is 5.75 Å². The Morgan fingerprint density at radius 1 is 1.12 bits per heavy atom. The van der Waals surface area contributed by atoms with Gasteiger partial charge in [0.2, 0.25) is 11.8 Å². The number of amides is 2. The molecule has 0 spiro atoms. The number of nitro groups is 1. The Balaban J connectivity index is 1.55. The molecule has 0 N–H and O–H groups in total. The van der Waals surface area contributed by atoms with E-state index in [1.807, 2.05) is 12.2 Å². The molecule has 0 aromatic heterocycles. The molecule has 2 atom stereocenters. The maximum absolute atomic E-state index is 12.3. The third-order valence-electron chi connectivity index (χ3n) is 4.42. The zero-order valence-electron chi connectivity index (χ0n) is 13.3. The molecule has 0 saturated carbocycles. The largest absolute Gasteiger partial charge is 0.426 e. The first-order valence-electron chi connectivity index (χ1n) is 7.92. The molecule has 8 heteroatoms. The van der Waals surface area contributed by atoms with Gasteiger partial charge in [-0.1, -0.05) is 12.2 Å². The van der Waals surface area contributed by atoms with E-state index >= 15 is 0 Å². The smallest absolute Gasteiger partial charge is 0.312 e. The standard InChI is InChI=1S/C17H16N2O6/c20-15(25-12-7-5-11(6-8-12)19(23)24)9-10-18-16(21)13-3-1-2-4-14(13)17(18)22/h1-2,5-8,13-14H,3-4,9-10H2/t13-,14-/m0/s1. The lowest BCUT2D eigenvalue weighted by atomic mass is 9.85. The summed E-state index contributed by atoms with van der Waals surface area (Å²) in [5.74, 6) is -1.54. The van der Waals surface area contributed by atoms with E-state index < -0.39 is 10.9 Å². The number of carbonyl (C=O) groups excluding carboxylic acids is 3. The number of nitro benzene ring substituents is 1. The molecule has 1 aromatic carbocycles. The van der Waals surface area contributed by atoms with E-state index in [-0.39, 0.29) is 48.1 Å². The monoisotopic (exact) mass is 344 g/mol. The second kappa shape index (κ2) is 6.84. The van der Waals surface area contributed by atoms with Gasteiger partial charge in [0.15, 0.2) is 0 Å². The average Bonchev–Trinajstić information content (AvgIpc) is 2.85. The third kappa shape index (κ3) is 3.42. The minimum atomic E-state index is -0.609. The Bertz CT molecular complexity index is 729. The number of fused-ring (bicyclic) bond motifs is 1. The normalized spacial score (nSPS) is 22.0. The van der Waals surface area contributed by atoms with Crippen LogP contribution in [0.2, 0.25) is 0 Å². The van der Waals surface area contributed by atoms with Gasteiger partial charge in [-0.15, -0.1) is 0 Å². The Labute approximate surface area is 143 Å². The number of imide groups is 1. The number of carbonyl (C=O) groups is 3. The zero-order valence-corrected chi connectivity index (χ0v) is 13.3. The Morgan fingerprint density at radius 3 is 2.20 bits per heavy atom. The number of likely N-dealkylation sites (tertiary alicyclic amines) is 1. The Kier molecular flexibility index (Phi) is 4.60. The average molecular weight is 344 g/mol. The first-order chi connectivity index (χ1) is 12.0. The van der Waals surface area contributed by atoms with Crippen LogP contribution < -0.4 is 4.74 Å². The summed E-state index contributed by atoms with van der Waals surface area (Å²) in [6.07, 6.45) is 4.79. The highest BCUT2D eigenvalue weighted by molar-refractivity contribution is 6.05. The van der Waals surface area contributed by atoms with Crippen molar-refractivity contribution in [3.63, 3.8) is 0 Å². The van der Waals surface area contributed by atoms with Crippen molar-refractivity contribution >= 4 is 23.5 Å².